The molecule has 1 fully saturated rings. The number of methoxy groups -OCH3 is 1. The highest BCUT2D eigenvalue weighted by Gasteiger charge is 2.37. The number of rotatable bonds is 4. The van der Waals surface area contributed by atoms with Gasteiger partial charge in [0.25, 0.3) is 11.6 Å². The fourth-order valence-corrected chi connectivity index (χ4v) is 3.04. The van der Waals surface area contributed by atoms with Crippen LogP contribution in [0.2, 0.25) is 0 Å². The van der Waals surface area contributed by atoms with Gasteiger partial charge in [0.15, 0.2) is 0 Å². The lowest BCUT2D eigenvalue weighted by Gasteiger charge is -2.29. The Morgan fingerprint density at radius 1 is 1.36 bits per heavy atom. The maximum absolute atomic E-state index is 12.0. The Morgan fingerprint density at radius 2 is 2.14 bits per heavy atom. The predicted octanol–water partition coefficient (Wildman–Crippen LogP) is 2.04. The molecule has 1 aromatic heterocycles. The topological polar surface area (TPSA) is 53.4 Å². The van der Waals surface area contributed by atoms with Crippen molar-refractivity contribution in [1.29, 1.82) is 0 Å². The molecule has 3 rings (SSSR count). The lowest BCUT2D eigenvalue weighted by Crippen LogP contribution is -2.30. The second-order valence-corrected chi connectivity index (χ2v) is 5.62. The first-order valence-electron chi connectivity index (χ1n) is 7.45. The second-order valence-electron chi connectivity index (χ2n) is 5.62. The summed E-state index contributed by atoms with van der Waals surface area (Å²) in [5.41, 5.74) is 1.31. The largest absolute Gasteiger partial charge is 0.468 e. The van der Waals surface area contributed by atoms with Crippen LogP contribution in [-0.4, -0.2) is 23.3 Å². The molecule has 22 heavy (non-hydrogen) atoms. The van der Waals surface area contributed by atoms with Gasteiger partial charge in [0.2, 0.25) is 0 Å². The third-order valence-corrected chi connectivity index (χ3v) is 4.20. The van der Waals surface area contributed by atoms with Gasteiger partial charge in [-0.2, -0.15) is 0 Å². The van der Waals surface area contributed by atoms with Gasteiger partial charge in [0.05, 0.1) is 18.4 Å². The molecule has 2 heterocycles. The highest BCUT2D eigenvalue weighted by Crippen LogP contribution is 2.38. The normalized spacial score (nSPS) is 21.0. The summed E-state index contributed by atoms with van der Waals surface area (Å²) in [4.78, 5) is 16.5. The Balaban J connectivity index is 1.99. The third-order valence-electron chi connectivity index (χ3n) is 4.20. The number of aromatic nitrogens is 2. The Bertz CT molecular complexity index is 704. The van der Waals surface area contributed by atoms with Crippen LogP contribution in [0.3, 0.4) is 0 Å². The summed E-state index contributed by atoms with van der Waals surface area (Å²) in [6.45, 7) is 0.733. The van der Waals surface area contributed by atoms with Crippen LogP contribution in [0.15, 0.2) is 41.2 Å². The van der Waals surface area contributed by atoms with Crippen molar-refractivity contribution in [3.8, 4) is 6.01 Å². The van der Waals surface area contributed by atoms with E-state index < -0.39 is 5.60 Å². The summed E-state index contributed by atoms with van der Waals surface area (Å²) < 4.78 is 12.7. The predicted molar refractivity (Wildman–Crippen MR) is 83.0 cm³/mol. The summed E-state index contributed by atoms with van der Waals surface area (Å²) in [5.74, 6) is 0. The standard InChI is InChI=1S/C17H20N2O3/c1-19-15(20)11-14(18-16(19)21-2)12-17(9-6-10-22-17)13-7-4-3-5-8-13/h3-5,7-8,11H,6,9-10,12H2,1-2H3. The minimum atomic E-state index is -0.397. The molecule has 1 unspecified atom stereocenters. The van der Waals surface area contributed by atoms with Crippen molar-refractivity contribution in [2.24, 2.45) is 7.05 Å². The molecule has 0 N–H and O–H groups in total. The van der Waals surface area contributed by atoms with E-state index in [1.807, 2.05) is 18.2 Å². The first-order chi connectivity index (χ1) is 10.6. The van der Waals surface area contributed by atoms with Gasteiger partial charge in [-0.05, 0) is 18.4 Å². The van der Waals surface area contributed by atoms with Gasteiger partial charge in [-0.25, -0.2) is 4.98 Å². The highest BCUT2D eigenvalue weighted by atomic mass is 16.5. The molecule has 0 amide bonds. The molecule has 5 heteroatoms. The molecular formula is C17H20N2O3. The quantitative estimate of drug-likeness (QED) is 0.867. The molecule has 0 spiro atoms. The van der Waals surface area contributed by atoms with Crippen LogP contribution >= 0.6 is 0 Å². The maximum atomic E-state index is 12.0. The summed E-state index contributed by atoms with van der Waals surface area (Å²) >= 11 is 0. The van der Waals surface area contributed by atoms with Gasteiger partial charge in [-0.1, -0.05) is 30.3 Å². The van der Waals surface area contributed by atoms with Crippen molar-refractivity contribution in [2.45, 2.75) is 24.9 Å². The number of nitrogens with zero attached hydrogens (tertiary/aromatic N) is 2. The Hall–Kier alpha value is -2.14. The first-order valence-corrected chi connectivity index (χ1v) is 7.45. The minimum Gasteiger partial charge on any atom is -0.468 e. The molecule has 5 nitrogen and oxygen atoms in total. The van der Waals surface area contributed by atoms with Crippen molar-refractivity contribution < 1.29 is 9.47 Å². The van der Waals surface area contributed by atoms with Crippen molar-refractivity contribution in [3.63, 3.8) is 0 Å². The zero-order valence-corrected chi connectivity index (χ0v) is 12.9. The van der Waals surface area contributed by atoms with Crippen molar-refractivity contribution in [2.75, 3.05) is 13.7 Å². The molecule has 0 radical (unpaired) electrons. The Labute approximate surface area is 129 Å². The summed E-state index contributed by atoms with van der Waals surface area (Å²) in [6, 6.07) is 12.0. The van der Waals surface area contributed by atoms with Gasteiger partial charge in [-0.15, -0.1) is 0 Å². The molecule has 1 aliphatic heterocycles. The van der Waals surface area contributed by atoms with E-state index in [4.69, 9.17) is 9.47 Å². The fourth-order valence-electron chi connectivity index (χ4n) is 3.04. The minimum absolute atomic E-state index is 0.122. The average molecular weight is 300 g/mol. The molecule has 0 aliphatic carbocycles. The molecule has 0 saturated carbocycles. The van der Waals surface area contributed by atoms with Gasteiger partial charge >= 0.3 is 0 Å². The van der Waals surface area contributed by atoms with E-state index in [1.54, 1.807) is 13.1 Å². The van der Waals surface area contributed by atoms with Crippen LogP contribution in [0.25, 0.3) is 0 Å². The van der Waals surface area contributed by atoms with Crippen LogP contribution in [0.4, 0.5) is 0 Å². The van der Waals surface area contributed by atoms with Crippen LogP contribution in [0, 0.1) is 0 Å². The molecule has 1 aromatic carbocycles. The number of hydrogen-bond acceptors (Lipinski definition) is 4. The van der Waals surface area contributed by atoms with Crippen LogP contribution in [0.5, 0.6) is 6.01 Å². The average Bonchev–Trinajstić information content (AvgIpc) is 3.01. The van der Waals surface area contributed by atoms with E-state index in [1.165, 1.54) is 11.7 Å². The zero-order chi connectivity index (χ0) is 15.6. The molecule has 1 saturated heterocycles. The van der Waals surface area contributed by atoms with E-state index in [-0.39, 0.29) is 5.56 Å². The Kier molecular flexibility index (Phi) is 3.98. The molecule has 2 aromatic rings. The van der Waals surface area contributed by atoms with Crippen LogP contribution in [0.1, 0.15) is 24.1 Å². The van der Waals surface area contributed by atoms with E-state index in [2.05, 4.69) is 17.1 Å². The molecule has 1 atom stereocenters. The number of hydrogen-bond donors (Lipinski definition) is 0. The van der Waals surface area contributed by atoms with E-state index >= 15 is 0 Å². The second kappa shape index (κ2) is 5.93. The highest BCUT2D eigenvalue weighted by molar-refractivity contribution is 5.26. The molecule has 116 valence electrons. The smallest absolute Gasteiger partial charge is 0.298 e. The van der Waals surface area contributed by atoms with Crippen molar-refractivity contribution in [3.05, 3.63) is 58.0 Å². The monoisotopic (exact) mass is 300 g/mol. The van der Waals surface area contributed by atoms with Crippen LogP contribution in [-0.2, 0) is 23.8 Å². The summed E-state index contributed by atoms with van der Waals surface area (Å²) in [5, 5.41) is 0. The van der Waals surface area contributed by atoms with Crippen molar-refractivity contribution >= 4 is 0 Å². The molecule has 0 bridgehead atoms. The maximum Gasteiger partial charge on any atom is 0.298 e. The van der Waals surface area contributed by atoms with Gasteiger partial charge in [-0.3, -0.25) is 9.36 Å². The van der Waals surface area contributed by atoms with E-state index in [9.17, 15) is 4.79 Å². The number of ether oxygens (including phenoxy) is 2. The van der Waals surface area contributed by atoms with Gasteiger partial charge in [0.1, 0.15) is 0 Å². The fraction of sp³-hybridized carbons (Fsp3) is 0.412. The van der Waals surface area contributed by atoms with Crippen molar-refractivity contribution in [1.82, 2.24) is 9.55 Å². The van der Waals surface area contributed by atoms with Gasteiger partial charge in [0, 0.05) is 26.1 Å². The molecule has 1 aliphatic rings. The third kappa shape index (κ3) is 2.64. The molecular weight excluding hydrogens is 280 g/mol. The van der Waals surface area contributed by atoms with Gasteiger partial charge < -0.3 is 9.47 Å². The lowest BCUT2D eigenvalue weighted by atomic mass is 9.86. The zero-order valence-electron chi connectivity index (χ0n) is 12.9. The Morgan fingerprint density at radius 3 is 2.77 bits per heavy atom. The SMILES string of the molecule is COc1nc(CC2(c3ccccc3)CCCO2)cc(=O)n1C. The summed E-state index contributed by atoms with van der Waals surface area (Å²) in [6.07, 6.45) is 2.51. The van der Waals surface area contributed by atoms with E-state index in [0.29, 0.717) is 18.1 Å². The van der Waals surface area contributed by atoms with E-state index in [0.717, 1.165) is 25.0 Å². The number of benzene rings is 1. The first kappa shape index (κ1) is 14.8. The summed E-state index contributed by atoms with van der Waals surface area (Å²) in [7, 11) is 3.17. The van der Waals surface area contributed by atoms with Crippen LogP contribution < -0.4 is 10.3 Å². The lowest BCUT2D eigenvalue weighted by molar-refractivity contribution is -0.000552.